The molecule has 0 saturated carbocycles. The van der Waals surface area contributed by atoms with E-state index in [-0.39, 0.29) is 18.1 Å². The van der Waals surface area contributed by atoms with E-state index < -0.39 is 17.1 Å². The number of ether oxygens (including phenoxy) is 1. The van der Waals surface area contributed by atoms with E-state index in [1.54, 1.807) is 54.6 Å². The summed E-state index contributed by atoms with van der Waals surface area (Å²) in [7, 11) is 0. The summed E-state index contributed by atoms with van der Waals surface area (Å²) in [6, 6.07) is 25.5. The van der Waals surface area contributed by atoms with Crippen LogP contribution in [0.4, 0.5) is 10.5 Å². The Morgan fingerprint density at radius 3 is 2.58 bits per heavy atom. The Morgan fingerprint density at radius 1 is 0.947 bits per heavy atom. The lowest BCUT2D eigenvalue weighted by Crippen LogP contribution is -2.36. The van der Waals surface area contributed by atoms with Crippen molar-refractivity contribution in [1.29, 1.82) is 0 Å². The van der Waals surface area contributed by atoms with Crippen LogP contribution in [0.15, 0.2) is 89.8 Å². The Morgan fingerprint density at radius 2 is 1.74 bits per heavy atom. The van der Waals surface area contributed by atoms with Gasteiger partial charge in [-0.1, -0.05) is 77.8 Å². The van der Waals surface area contributed by atoms with Crippen molar-refractivity contribution >= 4 is 74.6 Å². The number of anilines is 1. The molecular formula is C29H20Cl2N2O4S. The molecule has 0 bridgehead atoms. The van der Waals surface area contributed by atoms with Gasteiger partial charge in [0.05, 0.1) is 4.91 Å². The minimum absolute atomic E-state index is 0.228. The SMILES string of the molecule is O=C(CN1C(=O)S/C(=C/c2cccc(OCc3ccc(Cl)cc3Cl)c2)C1=O)Nc1cccc2ccccc12. The highest BCUT2D eigenvalue weighted by Crippen LogP contribution is 2.33. The van der Waals surface area contributed by atoms with E-state index in [4.69, 9.17) is 27.9 Å². The lowest BCUT2D eigenvalue weighted by molar-refractivity contribution is -0.127. The number of nitrogens with one attached hydrogen (secondary N) is 1. The van der Waals surface area contributed by atoms with Crippen molar-refractivity contribution in [2.75, 3.05) is 11.9 Å². The highest BCUT2D eigenvalue weighted by Gasteiger charge is 2.36. The Labute approximate surface area is 233 Å². The van der Waals surface area contributed by atoms with E-state index in [1.807, 2.05) is 36.4 Å². The molecule has 0 spiro atoms. The molecule has 9 heteroatoms. The maximum atomic E-state index is 13.0. The Bertz CT molecular complexity index is 1600. The van der Waals surface area contributed by atoms with E-state index in [1.165, 1.54) is 0 Å². The van der Waals surface area contributed by atoms with Crippen LogP contribution < -0.4 is 10.1 Å². The first kappa shape index (κ1) is 25.9. The van der Waals surface area contributed by atoms with Gasteiger partial charge in [0.25, 0.3) is 11.1 Å². The van der Waals surface area contributed by atoms with Crippen molar-refractivity contribution in [1.82, 2.24) is 4.90 Å². The van der Waals surface area contributed by atoms with E-state index >= 15 is 0 Å². The van der Waals surface area contributed by atoms with Gasteiger partial charge in [0.2, 0.25) is 5.91 Å². The molecule has 1 saturated heterocycles. The molecule has 3 amide bonds. The number of rotatable bonds is 7. The monoisotopic (exact) mass is 562 g/mol. The molecule has 1 heterocycles. The van der Waals surface area contributed by atoms with Crippen LogP contribution in [0.25, 0.3) is 16.8 Å². The Hall–Kier alpha value is -3.78. The third-order valence-electron chi connectivity index (χ3n) is 5.80. The average Bonchev–Trinajstić information content (AvgIpc) is 3.16. The van der Waals surface area contributed by atoms with E-state index in [2.05, 4.69) is 5.32 Å². The van der Waals surface area contributed by atoms with Gasteiger partial charge in [0, 0.05) is 26.7 Å². The summed E-state index contributed by atoms with van der Waals surface area (Å²) in [4.78, 5) is 39.4. The largest absolute Gasteiger partial charge is 0.489 e. The van der Waals surface area contributed by atoms with Crippen molar-refractivity contribution in [3.8, 4) is 5.75 Å². The summed E-state index contributed by atoms with van der Waals surface area (Å²) in [6.07, 6.45) is 1.61. The van der Waals surface area contributed by atoms with Crippen LogP contribution >= 0.6 is 35.0 Å². The molecule has 190 valence electrons. The van der Waals surface area contributed by atoms with Crippen LogP contribution in [-0.4, -0.2) is 28.5 Å². The van der Waals surface area contributed by atoms with Crippen molar-refractivity contribution in [2.24, 2.45) is 0 Å². The summed E-state index contributed by atoms with van der Waals surface area (Å²) < 4.78 is 5.85. The highest BCUT2D eigenvalue weighted by atomic mass is 35.5. The maximum Gasteiger partial charge on any atom is 0.294 e. The van der Waals surface area contributed by atoms with Gasteiger partial charge in [-0.05, 0) is 59.1 Å². The standard InChI is InChI=1S/C29H20Cl2N2O4S/c30-21-12-11-20(24(31)15-21)17-37-22-8-3-5-18(13-22)14-26-28(35)33(29(36)38-26)16-27(34)32-25-10-4-7-19-6-1-2-9-23(19)25/h1-15H,16-17H2,(H,32,34)/b26-14+. The van der Waals surface area contributed by atoms with Gasteiger partial charge < -0.3 is 10.1 Å². The van der Waals surface area contributed by atoms with Crippen LogP contribution in [-0.2, 0) is 16.2 Å². The molecule has 1 aliphatic heterocycles. The summed E-state index contributed by atoms with van der Waals surface area (Å²) in [5, 5.41) is 5.21. The fourth-order valence-electron chi connectivity index (χ4n) is 3.95. The van der Waals surface area contributed by atoms with Gasteiger partial charge in [0.1, 0.15) is 18.9 Å². The van der Waals surface area contributed by atoms with Crippen LogP contribution in [0.3, 0.4) is 0 Å². The van der Waals surface area contributed by atoms with Gasteiger partial charge >= 0.3 is 0 Å². The molecule has 6 nitrogen and oxygen atoms in total. The van der Waals surface area contributed by atoms with Crippen LogP contribution in [0, 0.1) is 0 Å². The Balaban J connectivity index is 1.25. The zero-order valence-corrected chi connectivity index (χ0v) is 22.1. The number of fused-ring (bicyclic) bond motifs is 1. The second kappa shape index (κ2) is 11.3. The van der Waals surface area contributed by atoms with Gasteiger partial charge in [-0.25, -0.2) is 0 Å². The number of hydrogen-bond acceptors (Lipinski definition) is 5. The van der Waals surface area contributed by atoms with Crippen LogP contribution in [0.5, 0.6) is 5.75 Å². The predicted molar refractivity (Wildman–Crippen MR) is 152 cm³/mol. The number of thioether (sulfide) groups is 1. The molecule has 1 fully saturated rings. The molecule has 4 aromatic rings. The maximum absolute atomic E-state index is 13.0. The van der Waals surface area contributed by atoms with Gasteiger partial charge in [-0.2, -0.15) is 0 Å². The van der Waals surface area contributed by atoms with Crippen molar-refractivity contribution in [3.05, 3.63) is 111 Å². The second-order valence-corrected chi connectivity index (χ2v) is 10.3. The lowest BCUT2D eigenvalue weighted by Gasteiger charge is -2.13. The highest BCUT2D eigenvalue weighted by molar-refractivity contribution is 8.18. The number of carbonyl (C=O) groups excluding carboxylic acids is 3. The molecule has 0 unspecified atom stereocenters. The van der Waals surface area contributed by atoms with Gasteiger partial charge in [0.15, 0.2) is 0 Å². The molecule has 1 N–H and O–H groups in total. The zero-order valence-electron chi connectivity index (χ0n) is 19.8. The van der Waals surface area contributed by atoms with Crippen molar-refractivity contribution in [3.63, 3.8) is 0 Å². The molecule has 5 rings (SSSR count). The Kier molecular flexibility index (Phi) is 7.69. The summed E-state index contributed by atoms with van der Waals surface area (Å²) in [6.45, 7) is -0.141. The molecular weight excluding hydrogens is 543 g/mol. The predicted octanol–water partition coefficient (Wildman–Crippen LogP) is 7.40. The third-order valence-corrected chi connectivity index (χ3v) is 7.30. The van der Waals surface area contributed by atoms with Gasteiger partial charge in [-0.3, -0.25) is 19.3 Å². The summed E-state index contributed by atoms with van der Waals surface area (Å²) >= 11 is 12.9. The quantitative estimate of drug-likeness (QED) is 0.237. The first-order chi connectivity index (χ1) is 18.4. The topological polar surface area (TPSA) is 75.7 Å². The fourth-order valence-corrected chi connectivity index (χ4v) is 5.25. The normalized spacial score (nSPS) is 14.4. The van der Waals surface area contributed by atoms with Crippen molar-refractivity contribution < 1.29 is 19.1 Å². The van der Waals surface area contributed by atoms with Crippen LogP contribution in [0.1, 0.15) is 11.1 Å². The summed E-state index contributed by atoms with van der Waals surface area (Å²) in [5.74, 6) is -0.410. The molecule has 0 radical (unpaired) electrons. The zero-order chi connectivity index (χ0) is 26.6. The molecule has 38 heavy (non-hydrogen) atoms. The van der Waals surface area contributed by atoms with Crippen LogP contribution in [0.2, 0.25) is 10.0 Å². The minimum Gasteiger partial charge on any atom is -0.489 e. The van der Waals surface area contributed by atoms with E-state index in [0.717, 1.165) is 33.0 Å². The van der Waals surface area contributed by atoms with Gasteiger partial charge in [-0.15, -0.1) is 0 Å². The smallest absolute Gasteiger partial charge is 0.294 e. The fraction of sp³-hybridized carbons (Fsp3) is 0.0690. The number of benzene rings is 4. The number of halogens is 2. The molecule has 4 aromatic carbocycles. The van der Waals surface area contributed by atoms with E-state index in [0.29, 0.717) is 27.0 Å². The minimum atomic E-state index is -0.521. The molecule has 1 aliphatic rings. The lowest BCUT2D eigenvalue weighted by atomic mass is 10.1. The van der Waals surface area contributed by atoms with Crippen molar-refractivity contribution in [2.45, 2.75) is 6.61 Å². The first-order valence-corrected chi connectivity index (χ1v) is 13.1. The second-order valence-electron chi connectivity index (χ2n) is 8.44. The number of hydrogen-bond donors (Lipinski definition) is 1. The first-order valence-electron chi connectivity index (χ1n) is 11.6. The number of imide groups is 1. The summed E-state index contributed by atoms with van der Waals surface area (Å²) in [5.41, 5.74) is 2.08. The average molecular weight is 563 g/mol. The number of nitrogens with zero attached hydrogens (tertiary/aromatic N) is 1. The molecule has 0 aromatic heterocycles. The number of carbonyl (C=O) groups is 3. The molecule has 0 atom stereocenters. The third kappa shape index (κ3) is 5.86. The number of amides is 3. The van der Waals surface area contributed by atoms with E-state index in [9.17, 15) is 14.4 Å². The molecule has 0 aliphatic carbocycles.